The molecule has 1 aliphatic rings. The van der Waals surface area contributed by atoms with Crippen LogP contribution in [0.1, 0.15) is 12.8 Å². The van der Waals surface area contributed by atoms with Crippen molar-refractivity contribution in [2.75, 3.05) is 12.3 Å². The smallest absolute Gasteiger partial charge is 0.124 e. The Morgan fingerprint density at radius 3 is 2.81 bits per heavy atom. The monoisotopic (exact) mass is 241 g/mol. The average Bonchev–Trinajstić information content (AvgIpc) is 3.10. The number of benzene rings is 1. The summed E-state index contributed by atoms with van der Waals surface area (Å²) in [4.78, 5) is 0.840. The summed E-state index contributed by atoms with van der Waals surface area (Å²) in [5.41, 5.74) is 4.82. The van der Waals surface area contributed by atoms with Gasteiger partial charge in [-0.15, -0.1) is 11.8 Å². The molecule has 0 spiro atoms. The van der Waals surface area contributed by atoms with Crippen molar-refractivity contribution < 1.29 is 9.50 Å². The largest absolute Gasteiger partial charge is 0.387 e. The summed E-state index contributed by atoms with van der Waals surface area (Å²) >= 11 is 1.46. The van der Waals surface area contributed by atoms with Crippen molar-refractivity contribution >= 4 is 11.8 Å². The third-order valence-corrected chi connectivity index (χ3v) is 4.21. The van der Waals surface area contributed by atoms with Gasteiger partial charge in [0.05, 0.1) is 5.60 Å². The summed E-state index contributed by atoms with van der Waals surface area (Å²) in [6, 6.07) is 6.42. The van der Waals surface area contributed by atoms with E-state index in [-0.39, 0.29) is 12.4 Å². The summed E-state index contributed by atoms with van der Waals surface area (Å²) in [6.45, 7) is 0.278. The molecule has 0 aliphatic heterocycles. The molecule has 0 aromatic heterocycles. The van der Waals surface area contributed by atoms with Crippen molar-refractivity contribution in [3.8, 4) is 0 Å². The van der Waals surface area contributed by atoms with Crippen molar-refractivity contribution in [1.82, 2.24) is 0 Å². The van der Waals surface area contributed by atoms with Gasteiger partial charge in [0.25, 0.3) is 0 Å². The lowest BCUT2D eigenvalue weighted by Gasteiger charge is -2.25. The van der Waals surface area contributed by atoms with Crippen LogP contribution in [0.5, 0.6) is 0 Å². The van der Waals surface area contributed by atoms with Crippen LogP contribution in [-0.4, -0.2) is 23.0 Å². The molecule has 0 bridgehead atoms. The second-order valence-electron chi connectivity index (χ2n) is 4.33. The van der Waals surface area contributed by atoms with Crippen LogP contribution in [0.3, 0.4) is 0 Å². The predicted molar refractivity (Wildman–Crippen MR) is 63.9 cm³/mol. The van der Waals surface area contributed by atoms with E-state index in [1.807, 2.05) is 6.07 Å². The second kappa shape index (κ2) is 4.73. The highest BCUT2D eigenvalue weighted by molar-refractivity contribution is 7.99. The van der Waals surface area contributed by atoms with E-state index < -0.39 is 5.60 Å². The molecule has 4 heteroatoms. The highest BCUT2D eigenvalue weighted by atomic mass is 32.2. The van der Waals surface area contributed by atoms with Gasteiger partial charge in [0.1, 0.15) is 5.82 Å². The van der Waals surface area contributed by atoms with E-state index in [0.29, 0.717) is 11.7 Å². The Hall–Kier alpha value is -0.580. The zero-order chi connectivity index (χ0) is 11.6. The van der Waals surface area contributed by atoms with E-state index in [2.05, 4.69) is 0 Å². The van der Waals surface area contributed by atoms with Gasteiger partial charge >= 0.3 is 0 Å². The average molecular weight is 241 g/mol. The molecule has 1 aromatic rings. The molecule has 1 atom stereocenters. The van der Waals surface area contributed by atoms with Gasteiger partial charge in [-0.05, 0) is 37.0 Å². The highest BCUT2D eigenvalue weighted by Gasteiger charge is 2.42. The van der Waals surface area contributed by atoms with E-state index >= 15 is 0 Å². The summed E-state index contributed by atoms with van der Waals surface area (Å²) in [5.74, 6) is 0.628. The van der Waals surface area contributed by atoms with Crippen LogP contribution >= 0.6 is 11.8 Å². The van der Waals surface area contributed by atoms with Crippen molar-refractivity contribution in [2.24, 2.45) is 11.7 Å². The van der Waals surface area contributed by atoms with Gasteiger partial charge in [-0.2, -0.15) is 0 Å². The Morgan fingerprint density at radius 2 is 2.25 bits per heavy atom. The number of hydrogen-bond acceptors (Lipinski definition) is 3. The highest BCUT2D eigenvalue weighted by Crippen LogP contribution is 2.41. The minimum absolute atomic E-state index is 0.243. The van der Waals surface area contributed by atoms with Crippen molar-refractivity contribution in [2.45, 2.75) is 23.3 Å². The minimum atomic E-state index is -0.781. The molecule has 0 saturated heterocycles. The van der Waals surface area contributed by atoms with Crippen molar-refractivity contribution in [1.29, 1.82) is 0 Å². The summed E-state index contributed by atoms with van der Waals surface area (Å²) in [7, 11) is 0. The van der Waals surface area contributed by atoms with Crippen LogP contribution in [0.4, 0.5) is 4.39 Å². The van der Waals surface area contributed by atoms with E-state index in [1.165, 1.54) is 23.9 Å². The van der Waals surface area contributed by atoms with Gasteiger partial charge in [0, 0.05) is 17.2 Å². The molecule has 88 valence electrons. The molecule has 1 aliphatic carbocycles. The molecule has 1 unspecified atom stereocenters. The first-order chi connectivity index (χ1) is 7.64. The van der Waals surface area contributed by atoms with E-state index in [9.17, 15) is 9.50 Å². The van der Waals surface area contributed by atoms with Crippen LogP contribution in [0.15, 0.2) is 29.2 Å². The third kappa shape index (κ3) is 2.75. The number of nitrogens with two attached hydrogens (primary N) is 1. The maximum absolute atomic E-state index is 12.9. The molecule has 16 heavy (non-hydrogen) atoms. The lowest BCUT2D eigenvalue weighted by molar-refractivity contribution is 0.0510. The first-order valence-electron chi connectivity index (χ1n) is 5.45. The van der Waals surface area contributed by atoms with E-state index in [1.54, 1.807) is 6.07 Å². The molecule has 2 rings (SSSR count). The lowest BCUT2D eigenvalue weighted by Crippen LogP contribution is -2.42. The third-order valence-electron chi connectivity index (χ3n) is 2.98. The fraction of sp³-hybridized carbons (Fsp3) is 0.500. The second-order valence-corrected chi connectivity index (χ2v) is 5.38. The minimum Gasteiger partial charge on any atom is -0.387 e. The Bertz CT molecular complexity index is 370. The molecule has 0 heterocycles. The summed E-state index contributed by atoms with van der Waals surface area (Å²) < 4.78 is 12.9. The molecule has 3 N–H and O–H groups in total. The van der Waals surface area contributed by atoms with Crippen LogP contribution in [-0.2, 0) is 0 Å². The standard InChI is InChI=1S/C12H16FNOS/c13-10-2-1-3-11(6-10)16-8-12(15,7-14)9-4-5-9/h1-3,6,9,15H,4-5,7-8,14H2. The quantitative estimate of drug-likeness (QED) is 0.775. The summed E-state index contributed by atoms with van der Waals surface area (Å²) in [5, 5.41) is 10.3. The van der Waals surface area contributed by atoms with Crippen LogP contribution in [0.2, 0.25) is 0 Å². The number of aliphatic hydroxyl groups is 1. The van der Waals surface area contributed by atoms with Crippen molar-refractivity contribution in [3.63, 3.8) is 0 Å². The molecule has 1 saturated carbocycles. The van der Waals surface area contributed by atoms with Crippen LogP contribution < -0.4 is 5.73 Å². The van der Waals surface area contributed by atoms with Gasteiger partial charge in [-0.25, -0.2) is 4.39 Å². The normalized spacial score (nSPS) is 19.4. The first-order valence-corrected chi connectivity index (χ1v) is 6.43. The van der Waals surface area contributed by atoms with Gasteiger partial charge in [0.15, 0.2) is 0 Å². The number of hydrogen-bond donors (Lipinski definition) is 2. The first kappa shape index (κ1) is 11.9. The molecule has 0 radical (unpaired) electrons. The molecule has 1 fully saturated rings. The zero-order valence-electron chi connectivity index (χ0n) is 9.03. The SMILES string of the molecule is NCC(O)(CSc1cccc(F)c1)C1CC1. The number of rotatable bonds is 5. The van der Waals surface area contributed by atoms with Crippen LogP contribution in [0, 0.1) is 11.7 Å². The Kier molecular flexibility index (Phi) is 3.52. The zero-order valence-corrected chi connectivity index (χ0v) is 9.84. The summed E-state index contributed by atoms with van der Waals surface area (Å²) in [6.07, 6.45) is 2.11. The maximum Gasteiger partial charge on any atom is 0.124 e. The Labute approximate surface area is 99.0 Å². The molecular formula is C12H16FNOS. The Balaban J connectivity index is 1.95. The van der Waals surface area contributed by atoms with E-state index in [0.717, 1.165) is 17.7 Å². The molecular weight excluding hydrogens is 225 g/mol. The number of thioether (sulfide) groups is 1. The van der Waals surface area contributed by atoms with Gasteiger partial charge in [-0.3, -0.25) is 0 Å². The van der Waals surface area contributed by atoms with Gasteiger partial charge in [0.2, 0.25) is 0 Å². The maximum atomic E-state index is 12.9. The van der Waals surface area contributed by atoms with Gasteiger partial charge < -0.3 is 10.8 Å². The molecule has 2 nitrogen and oxygen atoms in total. The fourth-order valence-corrected chi connectivity index (χ4v) is 2.87. The molecule has 0 amide bonds. The topological polar surface area (TPSA) is 46.2 Å². The molecule has 1 aromatic carbocycles. The number of halogens is 1. The van der Waals surface area contributed by atoms with Crippen molar-refractivity contribution in [3.05, 3.63) is 30.1 Å². The fourth-order valence-electron chi connectivity index (χ4n) is 1.73. The Morgan fingerprint density at radius 1 is 1.50 bits per heavy atom. The van der Waals surface area contributed by atoms with Crippen LogP contribution in [0.25, 0.3) is 0 Å². The lowest BCUT2D eigenvalue weighted by atomic mass is 10.0. The van der Waals surface area contributed by atoms with E-state index in [4.69, 9.17) is 5.73 Å². The van der Waals surface area contributed by atoms with Gasteiger partial charge in [-0.1, -0.05) is 6.07 Å². The predicted octanol–water partition coefficient (Wildman–Crippen LogP) is 2.02.